The molecule has 1 aromatic carbocycles. The third-order valence-corrected chi connectivity index (χ3v) is 4.33. The third-order valence-electron chi connectivity index (χ3n) is 3.11. The van der Waals surface area contributed by atoms with E-state index in [2.05, 4.69) is 12.2 Å². The fourth-order valence-electron chi connectivity index (χ4n) is 2.00. The van der Waals surface area contributed by atoms with Crippen LogP contribution in [-0.4, -0.2) is 19.6 Å². The van der Waals surface area contributed by atoms with Gasteiger partial charge in [0.25, 0.3) is 5.91 Å². The molecule has 0 fully saturated rings. The van der Waals surface area contributed by atoms with Gasteiger partial charge in [-0.3, -0.25) is 4.79 Å². The molecule has 0 bridgehead atoms. The fourth-order valence-corrected chi connectivity index (χ4v) is 2.86. The van der Waals surface area contributed by atoms with E-state index < -0.39 is 0 Å². The number of rotatable bonds is 6. The third kappa shape index (κ3) is 3.61. The largest absolute Gasteiger partial charge is 0.496 e. The Balaban J connectivity index is 1.87. The van der Waals surface area contributed by atoms with Gasteiger partial charge in [0, 0.05) is 11.4 Å². The molecule has 1 heterocycles. The van der Waals surface area contributed by atoms with Gasteiger partial charge in [-0.25, -0.2) is 0 Å². The highest BCUT2D eigenvalue weighted by atomic mass is 32.1. The molecule has 0 unspecified atom stereocenters. The van der Waals surface area contributed by atoms with Crippen molar-refractivity contribution in [2.45, 2.75) is 19.8 Å². The number of amides is 1. The summed E-state index contributed by atoms with van der Waals surface area (Å²) in [5.41, 5.74) is 1.11. The van der Waals surface area contributed by atoms with E-state index in [0.717, 1.165) is 29.0 Å². The van der Waals surface area contributed by atoms with Crippen molar-refractivity contribution in [3.63, 3.8) is 0 Å². The first kappa shape index (κ1) is 14.6. The standard InChI is InChI=1S/C16H19NO2S/c1-3-13-8-9-15(20-13)16(18)17-11-10-12-6-4-5-7-14(12)19-2/h4-9H,3,10-11H2,1-2H3,(H,17,18). The summed E-state index contributed by atoms with van der Waals surface area (Å²) in [6, 6.07) is 11.8. The summed E-state index contributed by atoms with van der Waals surface area (Å²) in [4.78, 5) is 14.0. The molecule has 4 heteroatoms. The number of nitrogens with one attached hydrogen (secondary N) is 1. The van der Waals surface area contributed by atoms with E-state index in [0.29, 0.717) is 6.54 Å². The van der Waals surface area contributed by atoms with Gasteiger partial charge in [0.05, 0.1) is 12.0 Å². The lowest BCUT2D eigenvalue weighted by molar-refractivity contribution is 0.0958. The van der Waals surface area contributed by atoms with Gasteiger partial charge in [-0.15, -0.1) is 11.3 Å². The summed E-state index contributed by atoms with van der Waals surface area (Å²) in [6.07, 6.45) is 1.74. The van der Waals surface area contributed by atoms with Crippen LogP contribution in [0.3, 0.4) is 0 Å². The Kier molecular flexibility index (Phi) is 5.18. The molecule has 0 spiro atoms. The van der Waals surface area contributed by atoms with Crippen molar-refractivity contribution in [1.29, 1.82) is 0 Å². The Bertz CT molecular complexity index is 577. The first-order valence-electron chi connectivity index (χ1n) is 6.73. The normalized spacial score (nSPS) is 10.3. The number of aryl methyl sites for hydroxylation is 1. The number of benzene rings is 1. The van der Waals surface area contributed by atoms with Gasteiger partial charge in [0.1, 0.15) is 5.75 Å². The number of ether oxygens (including phenoxy) is 1. The fraction of sp³-hybridized carbons (Fsp3) is 0.312. The number of para-hydroxylation sites is 1. The lowest BCUT2D eigenvalue weighted by atomic mass is 10.1. The van der Waals surface area contributed by atoms with Crippen LogP contribution in [0.2, 0.25) is 0 Å². The van der Waals surface area contributed by atoms with Crippen LogP contribution in [0.15, 0.2) is 36.4 Å². The van der Waals surface area contributed by atoms with Crippen molar-refractivity contribution < 1.29 is 9.53 Å². The first-order valence-corrected chi connectivity index (χ1v) is 7.55. The van der Waals surface area contributed by atoms with Gasteiger partial charge < -0.3 is 10.1 Å². The second-order valence-electron chi connectivity index (χ2n) is 4.44. The summed E-state index contributed by atoms with van der Waals surface area (Å²) in [6.45, 7) is 2.70. The zero-order chi connectivity index (χ0) is 14.4. The Hall–Kier alpha value is -1.81. The van der Waals surface area contributed by atoms with Crippen LogP contribution < -0.4 is 10.1 Å². The molecule has 0 aliphatic carbocycles. The molecule has 2 aromatic rings. The SMILES string of the molecule is CCc1ccc(C(=O)NCCc2ccccc2OC)s1. The second-order valence-corrected chi connectivity index (χ2v) is 5.61. The molecule has 20 heavy (non-hydrogen) atoms. The molecule has 0 aliphatic heterocycles. The number of methoxy groups -OCH3 is 1. The van der Waals surface area contributed by atoms with Crippen LogP contribution in [0.1, 0.15) is 27.0 Å². The minimum atomic E-state index is 0.00426. The second kappa shape index (κ2) is 7.10. The van der Waals surface area contributed by atoms with Gasteiger partial charge >= 0.3 is 0 Å². The predicted molar refractivity (Wildman–Crippen MR) is 82.7 cm³/mol. The lowest BCUT2D eigenvalue weighted by Crippen LogP contribution is -2.24. The Labute approximate surface area is 123 Å². The zero-order valence-corrected chi connectivity index (χ0v) is 12.6. The van der Waals surface area contributed by atoms with E-state index >= 15 is 0 Å². The molecule has 0 atom stereocenters. The van der Waals surface area contributed by atoms with Gasteiger partial charge in [-0.2, -0.15) is 0 Å². The Morgan fingerprint density at radius 3 is 2.75 bits per heavy atom. The van der Waals surface area contributed by atoms with E-state index in [9.17, 15) is 4.79 Å². The van der Waals surface area contributed by atoms with Gasteiger partial charge in [-0.1, -0.05) is 25.1 Å². The molecule has 1 amide bonds. The highest BCUT2D eigenvalue weighted by molar-refractivity contribution is 7.14. The molecule has 3 nitrogen and oxygen atoms in total. The molecule has 0 saturated heterocycles. The summed E-state index contributed by atoms with van der Waals surface area (Å²) in [7, 11) is 1.66. The number of carbonyl (C=O) groups excluding carboxylic acids is 1. The number of carbonyl (C=O) groups is 1. The van der Waals surface area contributed by atoms with E-state index in [-0.39, 0.29) is 5.91 Å². The van der Waals surface area contributed by atoms with Crippen LogP contribution in [-0.2, 0) is 12.8 Å². The van der Waals surface area contributed by atoms with Gasteiger partial charge in [-0.05, 0) is 36.6 Å². The van der Waals surface area contributed by atoms with Crippen molar-refractivity contribution in [3.05, 3.63) is 51.7 Å². The van der Waals surface area contributed by atoms with Crippen LogP contribution >= 0.6 is 11.3 Å². The summed E-state index contributed by atoms with van der Waals surface area (Å²) in [5.74, 6) is 0.871. The molecule has 0 aliphatic rings. The van der Waals surface area contributed by atoms with Crippen LogP contribution in [0.5, 0.6) is 5.75 Å². The number of thiophene rings is 1. The van der Waals surface area contributed by atoms with Crippen molar-refractivity contribution >= 4 is 17.2 Å². The number of hydrogen-bond donors (Lipinski definition) is 1. The quantitative estimate of drug-likeness (QED) is 0.886. The smallest absolute Gasteiger partial charge is 0.261 e. The van der Waals surface area contributed by atoms with E-state index in [4.69, 9.17) is 4.74 Å². The maximum atomic E-state index is 12.0. The topological polar surface area (TPSA) is 38.3 Å². The summed E-state index contributed by atoms with van der Waals surface area (Å²) < 4.78 is 5.29. The van der Waals surface area contributed by atoms with Crippen molar-refractivity contribution in [2.24, 2.45) is 0 Å². The first-order chi connectivity index (χ1) is 9.74. The monoisotopic (exact) mass is 289 g/mol. The molecular weight excluding hydrogens is 270 g/mol. The zero-order valence-electron chi connectivity index (χ0n) is 11.8. The van der Waals surface area contributed by atoms with E-state index in [1.54, 1.807) is 18.4 Å². The molecule has 106 valence electrons. The minimum Gasteiger partial charge on any atom is -0.496 e. The molecule has 1 aromatic heterocycles. The van der Waals surface area contributed by atoms with Crippen LogP contribution in [0, 0.1) is 0 Å². The maximum absolute atomic E-state index is 12.0. The molecule has 0 saturated carbocycles. The highest BCUT2D eigenvalue weighted by Crippen LogP contribution is 2.18. The molecular formula is C16H19NO2S. The Morgan fingerprint density at radius 1 is 1.25 bits per heavy atom. The Morgan fingerprint density at radius 2 is 2.05 bits per heavy atom. The van der Waals surface area contributed by atoms with Gasteiger partial charge in [0.15, 0.2) is 0 Å². The average Bonchev–Trinajstić information content (AvgIpc) is 2.96. The van der Waals surface area contributed by atoms with Crippen molar-refractivity contribution in [2.75, 3.05) is 13.7 Å². The van der Waals surface area contributed by atoms with Crippen LogP contribution in [0.4, 0.5) is 0 Å². The summed E-state index contributed by atoms with van der Waals surface area (Å²) >= 11 is 1.56. The van der Waals surface area contributed by atoms with Crippen molar-refractivity contribution in [3.8, 4) is 5.75 Å². The predicted octanol–water partition coefficient (Wildman–Crippen LogP) is 3.29. The van der Waals surface area contributed by atoms with E-state index in [1.165, 1.54) is 4.88 Å². The number of hydrogen-bond acceptors (Lipinski definition) is 3. The lowest BCUT2D eigenvalue weighted by Gasteiger charge is -2.08. The maximum Gasteiger partial charge on any atom is 0.261 e. The average molecular weight is 289 g/mol. The van der Waals surface area contributed by atoms with E-state index in [1.807, 2.05) is 36.4 Å². The molecule has 0 radical (unpaired) electrons. The van der Waals surface area contributed by atoms with Crippen LogP contribution in [0.25, 0.3) is 0 Å². The summed E-state index contributed by atoms with van der Waals surface area (Å²) in [5, 5.41) is 2.95. The van der Waals surface area contributed by atoms with Gasteiger partial charge in [0.2, 0.25) is 0 Å². The molecule has 1 N–H and O–H groups in total. The minimum absolute atomic E-state index is 0.00426. The van der Waals surface area contributed by atoms with Crippen molar-refractivity contribution in [1.82, 2.24) is 5.32 Å². The molecule has 2 rings (SSSR count). The highest BCUT2D eigenvalue weighted by Gasteiger charge is 2.08.